The van der Waals surface area contributed by atoms with E-state index in [0.717, 1.165) is 9.77 Å². The number of fused-ring (bicyclic) bond motifs is 1. The lowest BCUT2D eigenvalue weighted by atomic mass is 10.3. The SMILES string of the molecule is O=C(Nc1ccncc1F)c1cnc2c(Nc3ccc(I)cn3)cc(Cl)nn12. The summed E-state index contributed by atoms with van der Waals surface area (Å²) >= 11 is 8.27. The van der Waals surface area contributed by atoms with Crippen molar-refractivity contribution in [2.45, 2.75) is 0 Å². The van der Waals surface area contributed by atoms with Crippen molar-refractivity contribution in [1.82, 2.24) is 24.6 Å². The van der Waals surface area contributed by atoms with Crippen molar-refractivity contribution in [1.29, 1.82) is 0 Å². The molecule has 0 aliphatic rings. The topological polar surface area (TPSA) is 97.1 Å². The van der Waals surface area contributed by atoms with E-state index in [2.05, 4.69) is 53.3 Å². The van der Waals surface area contributed by atoms with Crippen LogP contribution in [0.2, 0.25) is 5.15 Å². The number of rotatable bonds is 4. The summed E-state index contributed by atoms with van der Waals surface area (Å²) in [6.45, 7) is 0. The molecule has 0 spiro atoms. The van der Waals surface area contributed by atoms with Gasteiger partial charge in [-0.3, -0.25) is 9.78 Å². The maximum atomic E-state index is 13.8. The molecule has 0 atom stereocenters. The number of hydrogen-bond acceptors (Lipinski definition) is 6. The van der Waals surface area contributed by atoms with Gasteiger partial charge in [0.25, 0.3) is 5.91 Å². The number of imidazole rings is 1. The minimum atomic E-state index is -0.650. The van der Waals surface area contributed by atoms with Crippen LogP contribution in [0.5, 0.6) is 0 Å². The van der Waals surface area contributed by atoms with Gasteiger partial charge in [-0.05, 0) is 40.8 Å². The van der Waals surface area contributed by atoms with Gasteiger partial charge in [0.2, 0.25) is 0 Å². The second kappa shape index (κ2) is 7.64. The van der Waals surface area contributed by atoms with Crippen molar-refractivity contribution in [3.8, 4) is 0 Å². The van der Waals surface area contributed by atoms with E-state index in [0.29, 0.717) is 17.2 Å². The van der Waals surface area contributed by atoms with Crippen LogP contribution in [0.25, 0.3) is 5.65 Å². The monoisotopic (exact) mass is 509 g/mol. The van der Waals surface area contributed by atoms with Gasteiger partial charge in [0.05, 0.1) is 23.8 Å². The highest BCUT2D eigenvalue weighted by Gasteiger charge is 2.18. The number of nitrogens with zero attached hydrogens (tertiary/aromatic N) is 5. The fourth-order valence-electron chi connectivity index (χ4n) is 2.44. The fourth-order valence-corrected chi connectivity index (χ4v) is 2.94. The summed E-state index contributed by atoms with van der Waals surface area (Å²) in [6, 6.07) is 6.62. The maximum absolute atomic E-state index is 13.8. The molecule has 4 rings (SSSR count). The van der Waals surface area contributed by atoms with E-state index in [9.17, 15) is 9.18 Å². The van der Waals surface area contributed by atoms with Crippen LogP contribution in [0.15, 0.2) is 49.1 Å². The second-order valence-electron chi connectivity index (χ2n) is 5.56. The summed E-state index contributed by atoms with van der Waals surface area (Å²) in [5.41, 5.74) is 0.971. The van der Waals surface area contributed by atoms with Crippen molar-refractivity contribution >= 4 is 62.9 Å². The first-order chi connectivity index (χ1) is 13.5. The van der Waals surface area contributed by atoms with Gasteiger partial charge in [-0.2, -0.15) is 5.10 Å². The molecule has 0 saturated carbocycles. The minimum absolute atomic E-state index is 0.00147. The summed E-state index contributed by atoms with van der Waals surface area (Å²) in [6.07, 6.45) is 5.42. The Bertz CT molecular complexity index is 1180. The zero-order chi connectivity index (χ0) is 19.7. The first kappa shape index (κ1) is 18.5. The summed E-state index contributed by atoms with van der Waals surface area (Å²) in [5.74, 6) is -0.661. The molecule has 2 N–H and O–H groups in total. The van der Waals surface area contributed by atoms with E-state index < -0.39 is 11.7 Å². The third kappa shape index (κ3) is 3.73. The number of carbonyl (C=O) groups is 1. The van der Waals surface area contributed by atoms with Crippen LogP contribution >= 0.6 is 34.2 Å². The molecule has 0 fully saturated rings. The fraction of sp³-hybridized carbons (Fsp3) is 0. The Balaban J connectivity index is 1.69. The smallest absolute Gasteiger partial charge is 0.276 e. The maximum Gasteiger partial charge on any atom is 0.276 e. The van der Waals surface area contributed by atoms with Crippen molar-refractivity contribution in [3.63, 3.8) is 0 Å². The number of nitrogens with one attached hydrogen (secondary N) is 2. The van der Waals surface area contributed by atoms with Crippen molar-refractivity contribution in [3.05, 3.63) is 69.3 Å². The number of anilines is 3. The van der Waals surface area contributed by atoms with Gasteiger partial charge in [0.15, 0.2) is 22.3 Å². The Kier molecular flexibility index (Phi) is 5.05. The molecule has 0 saturated heterocycles. The quantitative estimate of drug-likeness (QED) is 0.405. The molecule has 4 aromatic rings. The van der Waals surface area contributed by atoms with Crippen LogP contribution < -0.4 is 10.6 Å². The highest BCUT2D eigenvalue weighted by Crippen LogP contribution is 2.24. The molecule has 28 heavy (non-hydrogen) atoms. The summed E-state index contributed by atoms with van der Waals surface area (Å²) < 4.78 is 16.0. The van der Waals surface area contributed by atoms with E-state index in [1.165, 1.54) is 23.0 Å². The van der Waals surface area contributed by atoms with Gasteiger partial charge in [-0.25, -0.2) is 18.9 Å². The lowest BCUT2D eigenvalue weighted by Gasteiger charge is -2.09. The van der Waals surface area contributed by atoms with Gasteiger partial charge in [-0.1, -0.05) is 11.6 Å². The van der Waals surface area contributed by atoms with E-state index in [1.807, 2.05) is 6.07 Å². The number of hydrogen-bond donors (Lipinski definition) is 2. The van der Waals surface area contributed by atoms with Gasteiger partial charge < -0.3 is 10.6 Å². The van der Waals surface area contributed by atoms with E-state index in [1.54, 1.807) is 18.3 Å². The first-order valence-electron chi connectivity index (χ1n) is 7.85. The van der Waals surface area contributed by atoms with Crippen LogP contribution in [0.1, 0.15) is 10.5 Å². The van der Waals surface area contributed by atoms with Gasteiger partial charge in [-0.15, -0.1) is 0 Å². The molecule has 1 amide bonds. The van der Waals surface area contributed by atoms with Gasteiger partial charge in [0, 0.05) is 22.0 Å². The minimum Gasteiger partial charge on any atom is -0.337 e. The van der Waals surface area contributed by atoms with Crippen molar-refractivity contribution in [2.75, 3.05) is 10.6 Å². The Morgan fingerprint density at radius 2 is 2.00 bits per heavy atom. The molecule has 0 bridgehead atoms. The Morgan fingerprint density at radius 3 is 2.75 bits per heavy atom. The highest BCUT2D eigenvalue weighted by molar-refractivity contribution is 14.1. The number of carbonyl (C=O) groups excluding carboxylic acids is 1. The third-order valence-corrected chi connectivity index (χ3v) is 4.50. The molecule has 8 nitrogen and oxygen atoms in total. The Hall–Kier alpha value is -2.86. The number of pyridine rings is 2. The third-order valence-electron chi connectivity index (χ3n) is 3.68. The predicted molar refractivity (Wildman–Crippen MR) is 110 cm³/mol. The summed E-state index contributed by atoms with van der Waals surface area (Å²) in [4.78, 5) is 24.7. The largest absolute Gasteiger partial charge is 0.337 e. The van der Waals surface area contributed by atoms with Gasteiger partial charge in [0.1, 0.15) is 5.82 Å². The van der Waals surface area contributed by atoms with Crippen LogP contribution in [0.3, 0.4) is 0 Å². The molecule has 0 unspecified atom stereocenters. The van der Waals surface area contributed by atoms with E-state index in [4.69, 9.17) is 11.6 Å². The zero-order valence-corrected chi connectivity index (χ0v) is 16.8. The van der Waals surface area contributed by atoms with Crippen molar-refractivity contribution in [2.24, 2.45) is 0 Å². The average Bonchev–Trinajstić information content (AvgIpc) is 3.09. The predicted octanol–water partition coefficient (Wildman–Crippen LogP) is 3.91. The van der Waals surface area contributed by atoms with E-state index in [-0.39, 0.29) is 16.5 Å². The molecule has 0 aliphatic heterocycles. The van der Waals surface area contributed by atoms with Crippen LogP contribution in [0.4, 0.5) is 21.6 Å². The molecule has 4 heterocycles. The molecule has 0 aromatic carbocycles. The lowest BCUT2D eigenvalue weighted by Crippen LogP contribution is -2.16. The van der Waals surface area contributed by atoms with E-state index >= 15 is 0 Å². The Morgan fingerprint density at radius 1 is 1.14 bits per heavy atom. The molecule has 0 radical (unpaired) electrons. The van der Waals surface area contributed by atoms with Crippen molar-refractivity contribution < 1.29 is 9.18 Å². The second-order valence-corrected chi connectivity index (χ2v) is 7.19. The first-order valence-corrected chi connectivity index (χ1v) is 9.30. The molecule has 0 aliphatic carbocycles. The molecule has 140 valence electrons. The number of aromatic nitrogens is 5. The molecular formula is C17H10ClFIN7O. The summed E-state index contributed by atoms with van der Waals surface area (Å²) in [5, 5.41) is 9.84. The molecule has 11 heteroatoms. The zero-order valence-electron chi connectivity index (χ0n) is 13.9. The number of halogens is 3. The normalized spacial score (nSPS) is 10.8. The summed E-state index contributed by atoms with van der Waals surface area (Å²) in [7, 11) is 0. The standard InChI is InChI=1S/C17H10ClFIN7O/c18-14-5-12(24-15-2-1-9(20)6-22-15)16-23-8-13(27(16)26-14)17(28)25-11-3-4-21-7-10(11)19/h1-8H,(H,22,24)(H,21,25,28). The van der Waals surface area contributed by atoms with Crippen LogP contribution in [-0.4, -0.2) is 30.5 Å². The lowest BCUT2D eigenvalue weighted by molar-refractivity contribution is 0.102. The van der Waals surface area contributed by atoms with Crippen LogP contribution in [-0.2, 0) is 0 Å². The Labute approximate surface area is 176 Å². The highest BCUT2D eigenvalue weighted by atomic mass is 127. The van der Waals surface area contributed by atoms with Crippen LogP contribution in [0, 0.1) is 9.39 Å². The molecular weight excluding hydrogens is 500 g/mol. The number of amides is 1. The molecule has 4 aromatic heterocycles. The average molecular weight is 510 g/mol. The van der Waals surface area contributed by atoms with Gasteiger partial charge >= 0.3 is 0 Å².